The number of rotatable bonds is 5. The Balaban J connectivity index is 1.98. The predicted molar refractivity (Wildman–Crippen MR) is 84.1 cm³/mol. The maximum absolute atomic E-state index is 12.0. The Morgan fingerprint density at radius 2 is 2.20 bits per heavy atom. The predicted octanol–water partition coefficient (Wildman–Crippen LogP) is 3.82. The topological polar surface area (TPSA) is 41.1 Å². The Labute approximate surface area is 122 Å². The fraction of sp³-hybridized carbons (Fsp3) is 0.588. The lowest BCUT2D eigenvalue weighted by Gasteiger charge is -2.19. The number of amides is 1. The number of hydrogen-bond acceptors (Lipinski definition) is 2. The van der Waals surface area contributed by atoms with Crippen molar-refractivity contribution in [1.29, 1.82) is 0 Å². The van der Waals surface area contributed by atoms with E-state index in [2.05, 4.69) is 31.4 Å². The molecule has 0 bridgehead atoms. The molecule has 1 atom stereocenters. The summed E-state index contributed by atoms with van der Waals surface area (Å²) in [6.45, 7) is 7.43. The molecule has 1 saturated carbocycles. The first-order valence-corrected chi connectivity index (χ1v) is 7.65. The molecule has 2 rings (SSSR count). The zero-order chi connectivity index (χ0) is 14.6. The van der Waals surface area contributed by atoms with Crippen molar-refractivity contribution >= 4 is 11.6 Å². The van der Waals surface area contributed by atoms with Gasteiger partial charge in [-0.1, -0.05) is 26.8 Å². The average Bonchev–Trinajstić information content (AvgIpc) is 2.75. The van der Waals surface area contributed by atoms with Crippen LogP contribution >= 0.6 is 0 Å². The summed E-state index contributed by atoms with van der Waals surface area (Å²) in [4.78, 5) is 12.0. The van der Waals surface area contributed by atoms with E-state index in [4.69, 9.17) is 0 Å². The highest BCUT2D eigenvalue weighted by molar-refractivity contribution is 5.95. The molecule has 20 heavy (non-hydrogen) atoms. The van der Waals surface area contributed by atoms with Crippen molar-refractivity contribution in [3.8, 4) is 0 Å². The van der Waals surface area contributed by atoms with Gasteiger partial charge in [0.15, 0.2) is 0 Å². The fourth-order valence-electron chi connectivity index (χ4n) is 2.89. The van der Waals surface area contributed by atoms with Crippen LogP contribution < -0.4 is 10.6 Å². The highest BCUT2D eigenvalue weighted by atomic mass is 16.1. The van der Waals surface area contributed by atoms with Gasteiger partial charge in [-0.25, -0.2) is 0 Å². The van der Waals surface area contributed by atoms with Crippen molar-refractivity contribution in [2.24, 2.45) is 5.41 Å². The highest BCUT2D eigenvalue weighted by Crippen LogP contribution is 2.38. The van der Waals surface area contributed by atoms with E-state index in [1.165, 1.54) is 19.3 Å². The van der Waals surface area contributed by atoms with Crippen molar-refractivity contribution in [2.75, 3.05) is 11.9 Å². The van der Waals surface area contributed by atoms with Crippen LogP contribution in [0.1, 0.15) is 56.8 Å². The molecule has 3 heteroatoms. The van der Waals surface area contributed by atoms with Crippen LogP contribution in [0.5, 0.6) is 0 Å². The zero-order valence-corrected chi connectivity index (χ0v) is 12.8. The summed E-state index contributed by atoms with van der Waals surface area (Å²) >= 11 is 0. The second-order valence-electron chi connectivity index (χ2n) is 6.58. The maximum Gasteiger partial charge on any atom is 0.251 e. The molecule has 3 nitrogen and oxygen atoms in total. The van der Waals surface area contributed by atoms with E-state index in [0.29, 0.717) is 11.5 Å². The summed E-state index contributed by atoms with van der Waals surface area (Å²) in [6, 6.07) is 8.34. The molecule has 2 N–H and O–H groups in total. The quantitative estimate of drug-likeness (QED) is 0.857. The number of benzene rings is 1. The van der Waals surface area contributed by atoms with Gasteiger partial charge in [0.2, 0.25) is 0 Å². The third-order valence-corrected chi connectivity index (χ3v) is 4.00. The van der Waals surface area contributed by atoms with E-state index in [1.807, 2.05) is 24.3 Å². The van der Waals surface area contributed by atoms with Crippen LogP contribution in [0.3, 0.4) is 0 Å². The Hall–Kier alpha value is -1.51. The zero-order valence-electron chi connectivity index (χ0n) is 12.8. The summed E-state index contributed by atoms with van der Waals surface area (Å²) < 4.78 is 0. The molecular weight excluding hydrogens is 248 g/mol. The molecule has 1 amide bonds. The molecule has 1 aliphatic carbocycles. The van der Waals surface area contributed by atoms with Gasteiger partial charge in [-0.15, -0.1) is 0 Å². The third-order valence-electron chi connectivity index (χ3n) is 4.00. The molecule has 0 radical (unpaired) electrons. The number of carbonyl (C=O) groups is 1. The van der Waals surface area contributed by atoms with Crippen LogP contribution in [0.25, 0.3) is 0 Å². The second-order valence-corrected chi connectivity index (χ2v) is 6.58. The minimum Gasteiger partial charge on any atom is -0.382 e. The van der Waals surface area contributed by atoms with Crippen LogP contribution in [0.2, 0.25) is 0 Å². The molecule has 0 heterocycles. The van der Waals surface area contributed by atoms with Crippen molar-refractivity contribution < 1.29 is 4.79 Å². The van der Waals surface area contributed by atoms with Gasteiger partial charge in [-0.3, -0.25) is 4.79 Å². The normalized spacial score (nSPS) is 20.6. The Kier molecular flexibility index (Phi) is 4.69. The highest BCUT2D eigenvalue weighted by Gasteiger charge is 2.30. The number of carbonyl (C=O) groups excluding carboxylic acids is 1. The van der Waals surface area contributed by atoms with E-state index in [9.17, 15) is 4.79 Å². The lowest BCUT2D eigenvalue weighted by Crippen LogP contribution is -2.24. The van der Waals surface area contributed by atoms with E-state index in [1.54, 1.807) is 0 Å². The first-order chi connectivity index (χ1) is 9.50. The third kappa shape index (κ3) is 3.99. The molecule has 1 aromatic rings. The molecule has 1 fully saturated rings. The van der Waals surface area contributed by atoms with Gasteiger partial charge in [0.25, 0.3) is 5.91 Å². The van der Waals surface area contributed by atoms with Crippen molar-refractivity contribution in [3.63, 3.8) is 0 Å². The van der Waals surface area contributed by atoms with E-state index in [-0.39, 0.29) is 5.91 Å². The molecule has 1 aromatic carbocycles. The largest absolute Gasteiger partial charge is 0.382 e. The summed E-state index contributed by atoms with van der Waals surface area (Å²) in [5, 5.41) is 6.48. The standard InChI is InChI=1S/C17H26N2O/c1-4-10-18-16(20)13-6-5-7-14(11-13)19-15-8-9-17(2,3)12-15/h5-7,11,15,19H,4,8-10,12H2,1-3H3,(H,18,20). The smallest absolute Gasteiger partial charge is 0.251 e. The van der Waals surface area contributed by atoms with Gasteiger partial charge in [-0.2, -0.15) is 0 Å². The van der Waals surface area contributed by atoms with Gasteiger partial charge >= 0.3 is 0 Å². The maximum atomic E-state index is 12.0. The molecule has 0 aromatic heterocycles. The molecule has 0 saturated heterocycles. The minimum atomic E-state index is 0.0160. The van der Waals surface area contributed by atoms with Crippen LogP contribution in [-0.4, -0.2) is 18.5 Å². The van der Waals surface area contributed by atoms with Gasteiger partial charge in [-0.05, 0) is 49.3 Å². The monoisotopic (exact) mass is 274 g/mol. The summed E-state index contributed by atoms with van der Waals surface area (Å²) in [5.41, 5.74) is 2.23. The first kappa shape index (κ1) is 14.9. The van der Waals surface area contributed by atoms with Crippen molar-refractivity contribution in [3.05, 3.63) is 29.8 Å². The lowest BCUT2D eigenvalue weighted by molar-refractivity contribution is 0.0953. The molecule has 0 aliphatic heterocycles. The minimum absolute atomic E-state index is 0.0160. The Bertz CT molecular complexity index is 468. The van der Waals surface area contributed by atoms with Crippen LogP contribution in [0, 0.1) is 5.41 Å². The summed E-state index contributed by atoms with van der Waals surface area (Å²) in [7, 11) is 0. The van der Waals surface area contributed by atoms with E-state index < -0.39 is 0 Å². The van der Waals surface area contributed by atoms with E-state index in [0.717, 1.165) is 24.2 Å². The van der Waals surface area contributed by atoms with Gasteiger partial charge < -0.3 is 10.6 Å². The van der Waals surface area contributed by atoms with E-state index >= 15 is 0 Å². The lowest BCUT2D eigenvalue weighted by atomic mass is 9.92. The van der Waals surface area contributed by atoms with Crippen LogP contribution in [0.4, 0.5) is 5.69 Å². The Morgan fingerprint density at radius 3 is 2.85 bits per heavy atom. The van der Waals surface area contributed by atoms with Crippen LogP contribution in [0.15, 0.2) is 24.3 Å². The van der Waals surface area contributed by atoms with Crippen molar-refractivity contribution in [1.82, 2.24) is 5.32 Å². The average molecular weight is 274 g/mol. The first-order valence-electron chi connectivity index (χ1n) is 7.65. The van der Waals surface area contributed by atoms with Crippen LogP contribution in [-0.2, 0) is 0 Å². The SMILES string of the molecule is CCCNC(=O)c1cccc(NC2CCC(C)(C)C2)c1. The van der Waals surface area contributed by atoms with Gasteiger partial charge in [0.05, 0.1) is 0 Å². The molecular formula is C17H26N2O. The molecule has 110 valence electrons. The number of anilines is 1. The summed E-state index contributed by atoms with van der Waals surface area (Å²) in [5.74, 6) is 0.0160. The molecule has 1 unspecified atom stereocenters. The summed E-state index contributed by atoms with van der Waals surface area (Å²) in [6.07, 6.45) is 4.63. The Morgan fingerprint density at radius 1 is 1.40 bits per heavy atom. The molecule has 1 aliphatic rings. The van der Waals surface area contributed by atoms with Gasteiger partial charge in [0, 0.05) is 23.8 Å². The fourth-order valence-corrected chi connectivity index (χ4v) is 2.89. The molecule has 0 spiro atoms. The number of nitrogens with one attached hydrogen (secondary N) is 2. The van der Waals surface area contributed by atoms with Crippen molar-refractivity contribution in [2.45, 2.75) is 52.5 Å². The van der Waals surface area contributed by atoms with Gasteiger partial charge in [0.1, 0.15) is 0 Å². The number of hydrogen-bond donors (Lipinski definition) is 2. The second kappa shape index (κ2) is 6.29.